The van der Waals surface area contributed by atoms with Crippen LogP contribution in [0.25, 0.3) is 0 Å². The zero-order valence-corrected chi connectivity index (χ0v) is 9.98. The van der Waals surface area contributed by atoms with Crippen LogP contribution in [0.5, 0.6) is 0 Å². The Morgan fingerprint density at radius 1 is 1.06 bits per heavy atom. The summed E-state index contributed by atoms with van der Waals surface area (Å²) in [7, 11) is 1.78. The molecule has 3 aliphatic carbocycles. The first-order valence-electron chi connectivity index (χ1n) is 6.62. The maximum Gasteiger partial charge on any atom is 0.102 e. The number of hydrogen-bond acceptors (Lipinski definition) is 3. The van der Waals surface area contributed by atoms with Crippen molar-refractivity contribution in [3.8, 4) is 0 Å². The van der Waals surface area contributed by atoms with Crippen LogP contribution in [0.15, 0.2) is 0 Å². The zero-order chi connectivity index (χ0) is 11.4. The number of hydrogen-bond donors (Lipinski definition) is 2. The van der Waals surface area contributed by atoms with E-state index in [2.05, 4.69) is 0 Å². The van der Waals surface area contributed by atoms with Crippen LogP contribution >= 0.6 is 0 Å². The molecular formula is C13H22O3. The summed E-state index contributed by atoms with van der Waals surface area (Å²) in [6.45, 7) is 0. The minimum Gasteiger partial charge on any atom is -0.390 e. The lowest BCUT2D eigenvalue weighted by Gasteiger charge is -2.70. The maximum atomic E-state index is 10.8. The van der Waals surface area contributed by atoms with Crippen molar-refractivity contribution in [2.24, 2.45) is 11.8 Å². The Kier molecular flexibility index (Phi) is 2.36. The van der Waals surface area contributed by atoms with Gasteiger partial charge in [0.1, 0.15) is 5.60 Å². The van der Waals surface area contributed by atoms with Gasteiger partial charge in [0.15, 0.2) is 0 Å². The average molecular weight is 226 g/mol. The van der Waals surface area contributed by atoms with E-state index < -0.39 is 11.7 Å². The highest BCUT2D eigenvalue weighted by atomic mass is 16.5. The van der Waals surface area contributed by atoms with Crippen LogP contribution in [0, 0.1) is 11.8 Å². The molecule has 0 aromatic heterocycles. The van der Waals surface area contributed by atoms with Crippen LogP contribution in [0.3, 0.4) is 0 Å². The van der Waals surface area contributed by atoms with Crippen LogP contribution in [0.2, 0.25) is 0 Å². The van der Waals surface area contributed by atoms with E-state index in [4.69, 9.17) is 4.74 Å². The third kappa shape index (κ3) is 1.05. The molecule has 3 nitrogen and oxygen atoms in total. The smallest absolute Gasteiger partial charge is 0.102 e. The first-order valence-corrected chi connectivity index (χ1v) is 6.62. The zero-order valence-electron chi connectivity index (χ0n) is 9.98. The van der Waals surface area contributed by atoms with Crippen molar-refractivity contribution in [3.05, 3.63) is 0 Å². The molecular weight excluding hydrogens is 204 g/mol. The predicted molar refractivity (Wildman–Crippen MR) is 60.0 cm³/mol. The molecule has 0 aromatic carbocycles. The quantitative estimate of drug-likeness (QED) is 0.712. The average Bonchev–Trinajstić information content (AvgIpc) is 2.31. The molecule has 16 heavy (non-hydrogen) atoms. The van der Waals surface area contributed by atoms with E-state index in [0.717, 1.165) is 38.5 Å². The maximum absolute atomic E-state index is 10.8. The van der Waals surface area contributed by atoms with E-state index in [-0.39, 0.29) is 17.4 Å². The number of ether oxygens (including phenoxy) is 1. The van der Waals surface area contributed by atoms with Crippen molar-refractivity contribution in [1.82, 2.24) is 0 Å². The van der Waals surface area contributed by atoms with Gasteiger partial charge < -0.3 is 14.9 Å². The lowest BCUT2D eigenvalue weighted by Crippen LogP contribution is -2.80. The molecule has 0 aromatic rings. The van der Waals surface area contributed by atoms with E-state index in [9.17, 15) is 10.2 Å². The summed E-state index contributed by atoms with van der Waals surface area (Å²) in [5.74, 6) is 0.332. The van der Waals surface area contributed by atoms with Gasteiger partial charge in [-0.15, -0.1) is 0 Å². The summed E-state index contributed by atoms with van der Waals surface area (Å²) >= 11 is 0. The van der Waals surface area contributed by atoms with Crippen LogP contribution < -0.4 is 0 Å². The second-order valence-electron chi connectivity index (χ2n) is 5.84. The number of methoxy groups -OCH3 is 1. The first-order chi connectivity index (χ1) is 7.66. The molecule has 92 valence electrons. The Morgan fingerprint density at radius 3 is 2.44 bits per heavy atom. The second-order valence-corrected chi connectivity index (χ2v) is 5.84. The Bertz CT molecular complexity index is 273. The van der Waals surface area contributed by atoms with Gasteiger partial charge in [-0.05, 0) is 25.7 Å². The molecule has 0 aliphatic heterocycles. The molecule has 0 saturated heterocycles. The number of rotatable bonds is 1. The highest BCUT2D eigenvalue weighted by Crippen LogP contribution is 2.65. The molecule has 3 fully saturated rings. The van der Waals surface area contributed by atoms with Gasteiger partial charge in [0.05, 0.1) is 11.7 Å². The van der Waals surface area contributed by atoms with Crippen LogP contribution in [0.1, 0.15) is 44.9 Å². The van der Waals surface area contributed by atoms with E-state index in [0.29, 0.717) is 0 Å². The number of fused-ring (bicyclic) bond motifs is 4. The standard InChI is InChI=1S/C13H22O3/c1-16-12-8-3-2-5-9(12)13(15)10(12)6-4-7-11(13)14/h9-11,14-15H,2-8H2,1H3/t9-,10-,11+,12+,13-/m1/s1. The van der Waals surface area contributed by atoms with E-state index >= 15 is 0 Å². The van der Waals surface area contributed by atoms with E-state index in [1.165, 1.54) is 6.42 Å². The molecule has 3 saturated carbocycles. The fourth-order valence-corrected chi connectivity index (χ4v) is 4.82. The molecule has 5 atom stereocenters. The highest BCUT2D eigenvalue weighted by Gasteiger charge is 2.73. The second kappa shape index (κ2) is 3.44. The number of aliphatic hydroxyl groups is 2. The van der Waals surface area contributed by atoms with Gasteiger partial charge in [0, 0.05) is 18.9 Å². The van der Waals surface area contributed by atoms with Gasteiger partial charge >= 0.3 is 0 Å². The predicted octanol–water partition coefficient (Wildman–Crippen LogP) is 1.47. The van der Waals surface area contributed by atoms with Crippen molar-refractivity contribution >= 4 is 0 Å². The van der Waals surface area contributed by atoms with Crippen LogP contribution in [-0.2, 0) is 4.74 Å². The molecule has 0 unspecified atom stereocenters. The Labute approximate surface area is 96.8 Å². The molecule has 0 amide bonds. The lowest BCUT2D eigenvalue weighted by molar-refractivity contribution is -0.350. The summed E-state index contributed by atoms with van der Waals surface area (Å²) in [5.41, 5.74) is -0.955. The van der Waals surface area contributed by atoms with E-state index in [1.807, 2.05) is 0 Å². The van der Waals surface area contributed by atoms with Gasteiger partial charge in [-0.1, -0.05) is 19.3 Å². The lowest BCUT2D eigenvalue weighted by atomic mass is 9.41. The summed E-state index contributed by atoms with van der Waals surface area (Å²) < 4.78 is 5.79. The molecule has 0 spiro atoms. The molecule has 3 rings (SSSR count). The third-order valence-electron chi connectivity index (χ3n) is 5.49. The van der Waals surface area contributed by atoms with E-state index in [1.54, 1.807) is 7.11 Å². The molecule has 0 bridgehead atoms. The highest BCUT2D eigenvalue weighted by molar-refractivity contribution is 5.23. The van der Waals surface area contributed by atoms with Gasteiger partial charge in [-0.3, -0.25) is 0 Å². The van der Waals surface area contributed by atoms with Crippen molar-refractivity contribution < 1.29 is 14.9 Å². The SMILES string of the molecule is CO[C@@]12CCCC[C@H]1[C@@]1(O)[C@@H]2CCC[C@@H]1O. The van der Waals surface area contributed by atoms with Crippen molar-refractivity contribution in [2.45, 2.75) is 62.3 Å². The van der Waals surface area contributed by atoms with Gasteiger partial charge in [0.25, 0.3) is 0 Å². The topological polar surface area (TPSA) is 49.7 Å². The van der Waals surface area contributed by atoms with Crippen LogP contribution in [-0.4, -0.2) is 34.6 Å². The minimum absolute atomic E-state index is 0.117. The van der Waals surface area contributed by atoms with Crippen molar-refractivity contribution in [3.63, 3.8) is 0 Å². The Hall–Kier alpha value is -0.120. The normalized spacial score (nSPS) is 56.1. The summed E-state index contributed by atoms with van der Waals surface area (Å²) in [6.07, 6.45) is 6.70. The monoisotopic (exact) mass is 226 g/mol. The molecule has 0 radical (unpaired) electrons. The van der Waals surface area contributed by atoms with Gasteiger partial charge in [0.2, 0.25) is 0 Å². The molecule has 2 N–H and O–H groups in total. The Balaban J connectivity index is 1.95. The van der Waals surface area contributed by atoms with Crippen molar-refractivity contribution in [2.75, 3.05) is 7.11 Å². The van der Waals surface area contributed by atoms with Crippen molar-refractivity contribution in [1.29, 1.82) is 0 Å². The summed E-state index contributed by atoms with van der Waals surface area (Å²) in [5, 5.41) is 20.9. The van der Waals surface area contributed by atoms with Gasteiger partial charge in [-0.25, -0.2) is 0 Å². The van der Waals surface area contributed by atoms with Gasteiger partial charge in [-0.2, -0.15) is 0 Å². The molecule has 0 heterocycles. The largest absolute Gasteiger partial charge is 0.390 e. The Morgan fingerprint density at radius 2 is 1.75 bits per heavy atom. The summed E-state index contributed by atoms with van der Waals surface area (Å²) in [6, 6.07) is 0. The fraction of sp³-hybridized carbons (Fsp3) is 1.00. The first kappa shape index (κ1) is 11.0. The van der Waals surface area contributed by atoms with Crippen LogP contribution in [0.4, 0.5) is 0 Å². The fourth-order valence-electron chi connectivity index (χ4n) is 4.82. The third-order valence-corrected chi connectivity index (χ3v) is 5.49. The molecule has 3 heteroatoms. The molecule has 3 aliphatic rings. The summed E-state index contributed by atoms with van der Waals surface area (Å²) in [4.78, 5) is 0. The number of aliphatic hydroxyl groups excluding tert-OH is 1. The minimum atomic E-state index is -0.839.